The summed E-state index contributed by atoms with van der Waals surface area (Å²) in [6, 6.07) is 71.5. The Balaban J connectivity index is 1.20. The summed E-state index contributed by atoms with van der Waals surface area (Å²) in [4.78, 5) is 16.6. The van der Waals surface area contributed by atoms with Crippen LogP contribution in [0, 0.1) is 0 Å². The van der Waals surface area contributed by atoms with Crippen molar-refractivity contribution in [1.82, 2.24) is 15.0 Å². The summed E-state index contributed by atoms with van der Waals surface area (Å²) in [6.45, 7) is 0. The first-order valence-electron chi connectivity index (χ1n) is 20.1. The first-order valence-corrected chi connectivity index (χ1v) is 21.7. The first kappa shape index (κ1) is 34.7. The molecule has 0 aliphatic heterocycles. The second-order valence-electron chi connectivity index (χ2n) is 15.0. The number of fused-ring (bicyclic) bond motifs is 7. The molecule has 3 heterocycles. The minimum atomic E-state index is 0.639. The van der Waals surface area contributed by atoms with Crippen LogP contribution < -0.4 is 0 Å². The second kappa shape index (κ2) is 14.2. The largest absolute Gasteiger partial charge is 0.208 e. The van der Waals surface area contributed by atoms with Gasteiger partial charge in [0.05, 0.1) is 0 Å². The minimum Gasteiger partial charge on any atom is -0.208 e. The maximum absolute atomic E-state index is 5.57. The lowest BCUT2D eigenvalue weighted by atomic mass is 9.87. The van der Waals surface area contributed by atoms with Crippen molar-refractivity contribution in [2.24, 2.45) is 0 Å². The highest BCUT2D eigenvalue weighted by atomic mass is 32.1. The third kappa shape index (κ3) is 5.66. The van der Waals surface area contributed by atoms with Crippen molar-refractivity contribution in [2.45, 2.75) is 0 Å². The van der Waals surface area contributed by atoms with Gasteiger partial charge in [0.2, 0.25) is 0 Å². The molecule has 0 aliphatic carbocycles. The van der Waals surface area contributed by atoms with Crippen molar-refractivity contribution >= 4 is 73.8 Å². The van der Waals surface area contributed by atoms with E-state index in [-0.39, 0.29) is 0 Å². The summed E-state index contributed by atoms with van der Waals surface area (Å²) in [5, 5.41) is 7.12. The predicted molar refractivity (Wildman–Crippen MR) is 256 cm³/mol. The molecule has 0 amide bonds. The number of thiophene rings is 2. The van der Waals surface area contributed by atoms with E-state index in [2.05, 4.69) is 200 Å². The molecule has 0 unspecified atom stereocenters. The van der Waals surface area contributed by atoms with Crippen LogP contribution in [0.25, 0.3) is 119 Å². The zero-order valence-corrected chi connectivity index (χ0v) is 33.8. The average Bonchev–Trinajstić information content (AvgIpc) is 3.90. The van der Waals surface area contributed by atoms with Gasteiger partial charge in [0, 0.05) is 57.0 Å². The molecule has 12 rings (SSSR count). The fourth-order valence-corrected chi connectivity index (χ4v) is 11.3. The number of hydrogen-bond acceptors (Lipinski definition) is 5. The standard InChI is InChI=1S/C55H33N3S2/c1-3-16-34(17-4-1)36-20-7-8-21-38(36)43-33-32-39-37(35-18-5-2-6-19-35)24-13-25-42(39)50(43)55-57-53(46-28-14-26-44-40-22-9-11-30-48(40)59-51(44)46)56-54(58-55)47-29-15-27-45-41-23-10-12-31-49(41)60-52(45)47/h1-33H. The predicted octanol–water partition coefficient (Wildman–Crippen LogP) is 15.8. The van der Waals surface area contributed by atoms with Gasteiger partial charge in [-0.15, -0.1) is 22.7 Å². The van der Waals surface area contributed by atoms with Gasteiger partial charge in [0.1, 0.15) is 0 Å². The Morgan fingerprint density at radius 3 is 1.28 bits per heavy atom. The molecule has 0 fully saturated rings. The summed E-state index contributed by atoms with van der Waals surface area (Å²) in [7, 11) is 0. The zero-order valence-electron chi connectivity index (χ0n) is 32.2. The van der Waals surface area contributed by atoms with Gasteiger partial charge < -0.3 is 0 Å². The van der Waals surface area contributed by atoms with E-state index >= 15 is 0 Å². The molecule has 0 saturated carbocycles. The van der Waals surface area contributed by atoms with Crippen molar-refractivity contribution < 1.29 is 0 Å². The SMILES string of the molecule is c1ccc(-c2ccccc2-c2ccc3c(-c4ccccc4)cccc3c2-c2nc(-c3cccc4c3sc3ccccc34)nc(-c3cccc4c3sc3ccccc34)n2)cc1. The molecule has 0 saturated heterocycles. The van der Waals surface area contributed by atoms with Gasteiger partial charge in [0.15, 0.2) is 17.5 Å². The molecule has 3 aromatic heterocycles. The van der Waals surface area contributed by atoms with Gasteiger partial charge in [-0.1, -0.05) is 176 Å². The van der Waals surface area contributed by atoms with Crippen molar-refractivity contribution in [3.8, 4) is 67.5 Å². The topological polar surface area (TPSA) is 38.7 Å². The molecule has 3 nitrogen and oxygen atoms in total. The van der Waals surface area contributed by atoms with Crippen LogP contribution in [0.3, 0.4) is 0 Å². The third-order valence-electron chi connectivity index (χ3n) is 11.6. The van der Waals surface area contributed by atoms with E-state index in [0.717, 1.165) is 60.8 Å². The highest BCUT2D eigenvalue weighted by Gasteiger charge is 2.23. The van der Waals surface area contributed by atoms with Crippen molar-refractivity contribution in [2.75, 3.05) is 0 Å². The molecule has 280 valence electrons. The Morgan fingerprint density at radius 1 is 0.250 bits per heavy atom. The maximum Gasteiger partial charge on any atom is 0.165 e. The smallest absolute Gasteiger partial charge is 0.165 e. The monoisotopic (exact) mass is 799 g/mol. The molecule has 60 heavy (non-hydrogen) atoms. The van der Waals surface area contributed by atoms with E-state index in [1.807, 2.05) is 0 Å². The summed E-state index contributed by atoms with van der Waals surface area (Å²) in [5.41, 5.74) is 9.79. The highest BCUT2D eigenvalue weighted by Crippen LogP contribution is 2.46. The lowest BCUT2D eigenvalue weighted by Gasteiger charge is -2.18. The van der Waals surface area contributed by atoms with Gasteiger partial charge in [-0.3, -0.25) is 0 Å². The summed E-state index contributed by atoms with van der Waals surface area (Å²) in [6.07, 6.45) is 0. The van der Waals surface area contributed by atoms with Crippen molar-refractivity contribution in [1.29, 1.82) is 0 Å². The maximum atomic E-state index is 5.57. The fourth-order valence-electron chi connectivity index (χ4n) is 8.86. The first-order chi connectivity index (χ1) is 29.8. The second-order valence-corrected chi connectivity index (χ2v) is 17.1. The van der Waals surface area contributed by atoms with Crippen LogP contribution in [0.5, 0.6) is 0 Å². The highest BCUT2D eigenvalue weighted by molar-refractivity contribution is 7.26. The zero-order chi connectivity index (χ0) is 39.6. The Labute approximate surface area is 354 Å². The number of rotatable bonds is 6. The molecular formula is C55H33N3S2. The van der Waals surface area contributed by atoms with Gasteiger partial charge in [-0.05, 0) is 68.4 Å². The molecule has 0 N–H and O–H groups in total. The van der Waals surface area contributed by atoms with Crippen LogP contribution in [-0.2, 0) is 0 Å². The van der Waals surface area contributed by atoms with Crippen LogP contribution in [0.1, 0.15) is 0 Å². The van der Waals surface area contributed by atoms with Crippen molar-refractivity contribution in [3.63, 3.8) is 0 Å². The van der Waals surface area contributed by atoms with Gasteiger partial charge in [-0.2, -0.15) is 0 Å². The lowest BCUT2D eigenvalue weighted by Crippen LogP contribution is -2.02. The quantitative estimate of drug-likeness (QED) is 0.168. The third-order valence-corrected chi connectivity index (χ3v) is 14.0. The van der Waals surface area contributed by atoms with Crippen LogP contribution in [-0.4, -0.2) is 15.0 Å². The molecule has 5 heteroatoms. The Bertz CT molecular complexity index is 3470. The van der Waals surface area contributed by atoms with E-state index < -0.39 is 0 Å². The van der Waals surface area contributed by atoms with E-state index in [9.17, 15) is 0 Å². The summed E-state index contributed by atoms with van der Waals surface area (Å²) in [5.74, 6) is 1.95. The molecule has 12 aromatic rings. The van der Waals surface area contributed by atoms with Crippen LogP contribution in [0.2, 0.25) is 0 Å². The van der Waals surface area contributed by atoms with E-state index in [1.54, 1.807) is 22.7 Å². The van der Waals surface area contributed by atoms with Gasteiger partial charge >= 0.3 is 0 Å². The molecule has 0 radical (unpaired) electrons. The van der Waals surface area contributed by atoms with E-state index in [4.69, 9.17) is 15.0 Å². The van der Waals surface area contributed by atoms with Crippen LogP contribution in [0.15, 0.2) is 200 Å². The fraction of sp³-hybridized carbons (Fsp3) is 0. The van der Waals surface area contributed by atoms with E-state index in [0.29, 0.717) is 17.5 Å². The van der Waals surface area contributed by atoms with Gasteiger partial charge in [-0.25, -0.2) is 15.0 Å². The number of benzene rings is 9. The molecule has 0 aliphatic rings. The average molecular weight is 800 g/mol. The Morgan fingerprint density at radius 2 is 0.683 bits per heavy atom. The molecule has 0 spiro atoms. The van der Waals surface area contributed by atoms with Crippen molar-refractivity contribution in [3.05, 3.63) is 200 Å². The molecule has 0 bridgehead atoms. The Kier molecular flexibility index (Phi) is 8.22. The molecule has 0 atom stereocenters. The number of nitrogens with zero attached hydrogens (tertiary/aromatic N) is 3. The molecule has 9 aromatic carbocycles. The minimum absolute atomic E-state index is 0.639. The van der Waals surface area contributed by atoms with Crippen LogP contribution in [0.4, 0.5) is 0 Å². The number of hydrogen-bond donors (Lipinski definition) is 0. The lowest BCUT2D eigenvalue weighted by molar-refractivity contribution is 1.08. The normalized spacial score (nSPS) is 11.7. The van der Waals surface area contributed by atoms with Crippen LogP contribution >= 0.6 is 22.7 Å². The Hall–Kier alpha value is -7.31. The summed E-state index contributed by atoms with van der Waals surface area (Å²) < 4.78 is 4.82. The van der Waals surface area contributed by atoms with Gasteiger partial charge in [0.25, 0.3) is 0 Å². The summed E-state index contributed by atoms with van der Waals surface area (Å²) >= 11 is 3.59. The van der Waals surface area contributed by atoms with E-state index in [1.165, 1.54) is 40.3 Å². The number of aromatic nitrogens is 3. The molecular weight excluding hydrogens is 767 g/mol.